The number of esters is 1. The predicted molar refractivity (Wildman–Crippen MR) is 69.3 cm³/mol. The van der Waals surface area contributed by atoms with Crippen molar-refractivity contribution in [1.82, 2.24) is 9.80 Å². The van der Waals surface area contributed by atoms with E-state index in [4.69, 9.17) is 4.74 Å². The molecule has 1 aliphatic carbocycles. The number of carbonyl (C=O) groups excluding carboxylic acids is 1. The fraction of sp³-hybridized carbons (Fsp3) is 0.929. The summed E-state index contributed by atoms with van der Waals surface area (Å²) >= 11 is 0. The average Bonchev–Trinajstić information content (AvgIpc) is 2.75. The van der Waals surface area contributed by atoms with Gasteiger partial charge in [0.25, 0.3) is 0 Å². The summed E-state index contributed by atoms with van der Waals surface area (Å²) in [6.45, 7) is 5.08. The van der Waals surface area contributed by atoms with Gasteiger partial charge in [-0.1, -0.05) is 12.8 Å². The van der Waals surface area contributed by atoms with Crippen LogP contribution in [0.25, 0.3) is 0 Å². The second kappa shape index (κ2) is 4.20. The molecule has 2 atom stereocenters. The molecule has 3 aliphatic rings. The third-order valence-electron chi connectivity index (χ3n) is 5.46. The fourth-order valence-corrected chi connectivity index (χ4v) is 4.90. The smallest absolute Gasteiger partial charge is 0.319 e. The van der Waals surface area contributed by atoms with Crippen LogP contribution in [0.5, 0.6) is 0 Å². The lowest BCUT2D eigenvalue weighted by Gasteiger charge is -2.42. The first kappa shape index (κ1) is 12.4. The summed E-state index contributed by atoms with van der Waals surface area (Å²) in [5.41, 5.74) is 0.905. The van der Waals surface area contributed by atoms with Gasteiger partial charge in [0.2, 0.25) is 0 Å². The van der Waals surface area contributed by atoms with E-state index in [0.29, 0.717) is 17.4 Å². The van der Waals surface area contributed by atoms with Gasteiger partial charge in [0.1, 0.15) is 0 Å². The van der Waals surface area contributed by atoms with Crippen LogP contribution < -0.4 is 0 Å². The molecule has 0 spiro atoms. The molecule has 0 aromatic carbocycles. The Morgan fingerprint density at radius 2 is 1.67 bits per heavy atom. The van der Waals surface area contributed by atoms with Crippen LogP contribution in [-0.4, -0.2) is 62.7 Å². The molecule has 2 unspecified atom stereocenters. The van der Waals surface area contributed by atoms with E-state index in [9.17, 15) is 4.79 Å². The quantitative estimate of drug-likeness (QED) is 0.686. The van der Waals surface area contributed by atoms with Crippen molar-refractivity contribution in [2.45, 2.75) is 25.7 Å². The van der Waals surface area contributed by atoms with Crippen LogP contribution in [0.15, 0.2) is 0 Å². The van der Waals surface area contributed by atoms with Crippen molar-refractivity contribution in [3.8, 4) is 0 Å². The number of nitrogens with zero attached hydrogens (tertiary/aromatic N) is 2. The van der Waals surface area contributed by atoms with Gasteiger partial charge in [0, 0.05) is 37.0 Å². The van der Waals surface area contributed by atoms with Gasteiger partial charge < -0.3 is 9.64 Å². The second-order valence-corrected chi connectivity index (χ2v) is 6.66. The monoisotopic (exact) mass is 252 g/mol. The van der Waals surface area contributed by atoms with E-state index < -0.39 is 0 Å². The van der Waals surface area contributed by atoms with Gasteiger partial charge in [-0.05, 0) is 19.9 Å². The van der Waals surface area contributed by atoms with Crippen LogP contribution in [0.1, 0.15) is 25.7 Å². The van der Waals surface area contributed by atoms with Gasteiger partial charge in [-0.2, -0.15) is 0 Å². The van der Waals surface area contributed by atoms with Crippen molar-refractivity contribution in [2.24, 2.45) is 10.8 Å². The Bertz CT molecular complexity index is 336. The van der Waals surface area contributed by atoms with Gasteiger partial charge in [0.15, 0.2) is 0 Å². The van der Waals surface area contributed by atoms with Crippen molar-refractivity contribution in [1.29, 1.82) is 0 Å². The topological polar surface area (TPSA) is 32.8 Å². The molecule has 0 aromatic rings. The Hall–Kier alpha value is -0.610. The van der Waals surface area contributed by atoms with Gasteiger partial charge >= 0.3 is 5.97 Å². The molecule has 3 fully saturated rings. The Morgan fingerprint density at radius 1 is 1.11 bits per heavy atom. The van der Waals surface area contributed by atoms with Gasteiger partial charge in [-0.3, -0.25) is 9.69 Å². The maximum Gasteiger partial charge on any atom is 0.319 e. The third-order valence-corrected chi connectivity index (χ3v) is 5.46. The van der Waals surface area contributed by atoms with Crippen LogP contribution in [0.3, 0.4) is 0 Å². The van der Waals surface area contributed by atoms with E-state index in [-0.39, 0.29) is 5.97 Å². The minimum Gasteiger partial charge on any atom is -0.468 e. The van der Waals surface area contributed by atoms with Gasteiger partial charge in [-0.15, -0.1) is 0 Å². The van der Waals surface area contributed by atoms with Crippen LogP contribution in [0, 0.1) is 10.8 Å². The number of hydrogen-bond acceptors (Lipinski definition) is 4. The number of hydrogen-bond donors (Lipinski definition) is 0. The summed E-state index contributed by atoms with van der Waals surface area (Å²) in [6, 6.07) is 0. The molecular formula is C14H24N2O2. The number of methoxy groups -OCH3 is 1. The summed E-state index contributed by atoms with van der Waals surface area (Å²) in [5.74, 6) is -0.0899. The lowest BCUT2D eigenvalue weighted by Crippen LogP contribution is -2.42. The molecule has 2 heterocycles. The zero-order valence-electron chi connectivity index (χ0n) is 11.6. The normalized spacial score (nSPS) is 40.6. The molecule has 2 aliphatic heterocycles. The molecular weight excluding hydrogens is 228 g/mol. The molecule has 0 radical (unpaired) electrons. The van der Waals surface area contributed by atoms with Gasteiger partial charge in [-0.25, -0.2) is 0 Å². The van der Waals surface area contributed by atoms with Crippen molar-refractivity contribution >= 4 is 5.97 Å². The summed E-state index contributed by atoms with van der Waals surface area (Å²) < 4.78 is 4.81. The van der Waals surface area contributed by atoms with E-state index in [0.717, 1.165) is 13.1 Å². The maximum absolute atomic E-state index is 11.5. The first-order valence-electron chi connectivity index (χ1n) is 7.07. The van der Waals surface area contributed by atoms with E-state index >= 15 is 0 Å². The van der Waals surface area contributed by atoms with Gasteiger partial charge in [0.05, 0.1) is 13.7 Å². The summed E-state index contributed by atoms with van der Waals surface area (Å²) in [5, 5.41) is 0. The molecule has 0 bridgehead atoms. The zero-order valence-corrected chi connectivity index (χ0v) is 11.6. The summed E-state index contributed by atoms with van der Waals surface area (Å²) in [4.78, 5) is 16.3. The lowest BCUT2D eigenvalue weighted by molar-refractivity contribution is -0.141. The van der Waals surface area contributed by atoms with Crippen molar-refractivity contribution in [3.05, 3.63) is 0 Å². The Balaban J connectivity index is 1.79. The first-order valence-corrected chi connectivity index (χ1v) is 7.07. The van der Waals surface area contributed by atoms with Crippen LogP contribution in [-0.2, 0) is 9.53 Å². The number of carbonyl (C=O) groups is 1. The molecule has 4 heteroatoms. The van der Waals surface area contributed by atoms with Crippen LogP contribution in [0.2, 0.25) is 0 Å². The molecule has 1 saturated carbocycles. The number of likely N-dealkylation sites (tertiary alicyclic amines) is 2. The zero-order chi connectivity index (χ0) is 12.8. The number of rotatable bonds is 2. The Kier molecular flexibility index (Phi) is 2.90. The Morgan fingerprint density at radius 3 is 2.17 bits per heavy atom. The second-order valence-electron chi connectivity index (χ2n) is 6.66. The fourth-order valence-electron chi connectivity index (χ4n) is 4.90. The minimum absolute atomic E-state index is 0.0899. The van der Waals surface area contributed by atoms with E-state index in [1.807, 2.05) is 0 Å². The third kappa shape index (κ3) is 1.69. The highest BCUT2D eigenvalue weighted by Gasteiger charge is 2.62. The van der Waals surface area contributed by atoms with Crippen LogP contribution >= 0.6 is 0 Å². The van der Waals surface area contributed by atoms with Crippen molar-refractivity contribution in [2.75, 3.05) is 46.9 Å². The highest BCUT2D eigenvalue weighted by molar-refractivity contribution is 5.71. The molecule has 0 aromatic heterocycles. The standard InChI is InChI=1S/C14H24N2O2/c1-15-8-13-5-3-4-6-14(13,9-15)11-16(10-13)7-12(17)18-2/h3-11H2,1-2H3. The van der Waals surface area contributed by atoms with Crippen LogP contribution in [0.4, 0.5) is 0 Å². The van der Waals surface area contributed by atoms with E-state index in [2.05, 4.69) is 16.8 Å². The predicted octanol–water partition coefficient (Wildman–Crippen LogP) is 0.967. The summed E-state index contributed by atoms with van der Waals surface area (Å²) in [7, 11) is 3.73. The highest BCUT2D eigenvalue weighted by Crippen LogP contribution is 2.59. The molecule has 3 rings (SSSR count). The van der Waals surface area contributed by atoms with Crippen molar-refractivity contribution < 1.29 is 9.53 Å². The molecule has 4 nitrogen and oxygen atoms in total. The van der Waals surface area contributed by atoms with E-state index in [1.54, 1.807) is 0 Å². The lowest BCUT2D eigenvalue weighted by atomic mass is 9.60. The minimum atomic E-state index is -0.0899. The Labute approximate surface area is 109 Å². The van der Waals surface area contributed by atoms with E-state index in [1.165, 1.54) is 45.9 Å². The molecule has 18 heavy (non-hydrogen) atoms. The molecule has 0 N–H and O–H groups in total. The molecule has 0 amide bonds. The van der Waals surface area contributed by atoms with Crippen molar-refractivity contribution in [3.63, 3.8) is 0 Å². The SMILES string of the molecule is COC(=O)CN1CC23CCCCC2(CN(C)C3)C1. The molecule has 102 valence electrons. The summed E-state index contributed by atoms with van der Waals surface area (Å²) in [6.07, 6.45) is 5.41. The maximum atomic E-state index is 11.5. The average molecular weight is 252 g/mol. The highest BCUT2D eigenvalue weighted by atomic mass is 16.5. The number of ether oxygens (including phenoxy) is 1. The largest absolute Gasteiger partial charge is 0.468 e. The first-order chi connectivity index (χ1) is 8.59. The molecule has 2 saturated heterocycles.